The fourth-order valence-electron chi connectivity index (χ4n) is 5.15. The van der Waals surface area contributed by atoms with Crippen molar-refractivity contribution in [3.05, 3.63) is 29.8 Å². The lowest BCUT2D eigenvalue weighted by Gasteiger charge is -2.32. The van der Waals surface area contributed by atoms with E-state index in [-0.39, 0.29) is 24.0 Å². The van der Waals surface area contributed by atoms with Gasteiger partial charge in [0, 0.05) is 52.9 Å². The van der Waals surface area contributed by atoms with Crippen molar-refractivity contribution in [2.45, 2.75) is 37.1 Å². The summed E-state index contributed by atoms with van der Waals surface area (Å²) in [5.74, 6) is 2.44. The van der Waals surface area contributed by atoms with E-state index in [9.17, 15) is 8.42 Å². The molecule has 0 amide bonds. The van der Waals surface area contributed by atoms with Crippen molar-refractivity contribution in [3.63, 3.8) is 0 Å². The minimum Gasteiger partial charge on any atom is -0.352 e. The molecule has 2 atom stereocenters. The number of hydrogen-bond acceptors (Lipinski definition) is 4. The van der Waals surface area contributed by atoms with E-state index in [1.165, 1.54) is 25.7 Å². The summed E-state index contributed by atoms with van der Waals surface area (Å²) < 4.78 is 28.2. The standard InChI is InChI=1S/C22H35N5O2S.HI/c1-23-22(26-16-19-8-3-4-9-20(19)17-26)24-15-18-7-5-6-10-21(18)30(28,29)27-13-11-25(2)12-14-27;/h5-7,10,19-20H,3-4,8-9,11-17H2,1-2H3,(H,23,24);1H. The summed E-state index contributed by atoms with van der Waals surface area (Å²) in [5, 5.41) is 3.44. The van der Waals surface area contributed by atoms with Crippen LogP contribution >= 0.6 is 24.0 Å². The number of benzene rings is 1. The largest absolute Gasteiger partial charge is 0.352 e. The van der Waals surface area contributed by atoms with Gasteiger partial charge in [-0.2, -0.15) is 4.31 Å². The number of guanidine groups is 1. The molecule has 3 aliphatic rings. The maximum Gasteiger partial charge on any atom is 0.243 e. The van der Waals surface area contributed by atoms with Crippen LogP contribution in [0.3, 0.4) is 0 Å². The number of nitrogens with one attached hydrogen (secondary N) is 1. The molecule has 0 radical (unpaired) electrons. The van der Waals surface area contributed by atoms with Gasteiger partial charge in [0.1, 0.15) is 0 Å². The Balaban J connectivity index is 0.00000272. The molecule has 0 spiro atoms. The molecule has 9 heteroatoms. The van der Waals surface area contributed by atoms with Gasteiger partial charge in [-0.1, -0.05) is 31.0 Å². The fraction of sp³-hybridized carbons (Fsp3) is 0.682. The van der Waals surface area contributed by atoms with Crippen molar-refractivity contribution >= 4 is 40.0 Å². The predicted octanol–water partition coefficient (Wildman–Crippen LogP) is 2.44. The van der Waals surface area contributed by atoms with Crippen LogP contribution in [0.1, 0.15) is 31.2 Å². The van der Waals surface area contributed by atoms with Crippen LogP contribution in [0.25, 0.3) is 0 Å². The summed E-state index contributed by atoms with van der Waals surface area (Å²) >= 11 is 0. The highest BCUT2D eigenvalue weighted by molar-refractivity contribution is 14.0. The molecule has 0 aromatic heterocycles. The molecule has 7 nitrogen and oxygen atoms in total. The lowest BCUT2D eigenvalue weighted by atomic mass is 9.82. The number of aliphatic imine (C=N–C) groups is 1. The van der Waals surface area contributed by atoms with Gasteiger partial charge >= 0.3 is 0 Å². The smallest absolute Gasteiger partial charge is 0.243 e. The van der Waals surface area contributed by atoms with Crippen LogP contribution < -0.4 is 5.32 Å². The topological polar surface area (TPSA) is 68.2 Å². The molecule has 1 N–H and O–H groups in total. The molecule has 1 aliphatic carbocycles. The molecule has 1 saturated carbocycles. The van der Waals surface area contributed by atoms with Gasteiger partial charge in [0.05, 0.1) is 4.90 Å². The number of piperazine rings is 1. The number of rotatable bonds is 4. The minimum absolute atomic E-state index is 0. The van der Waals surface area contributed by atoms with Crippen LogP contribution in [0.15, 0.2) is 34.2 Å². The van der Waals surface area contributed by atoms with Crippen LogP contribution in [0, 0.1) is 11.8 Å². The van der Waals surface area contributed by atoms with E-state index in [0.29, 0.717) is 24.5 Å². The van der Waals surface area contributed by atoms with E-state index < -0.39 is 10.0 Å². The Morgan fingerprint density at radius 1 is 1.06 bits per heavy atom. The normalized spacial score (nSPS) is 25.7. The Morgan fingerprint density at radius 3 is 2.29 bits per heavy atom. The Kier molecular flexibility index (Phi) is 8.62. The summed E-state index contributed by atoms with van der Waals surface area (Å²) in [6, 6.07) is 7.37. The second kappa shape index (κ2) is 10.8. The minimum atomic E-state index is -3.49. The highest BCUT2D eigenvalue weighted by Crippen LogP contribution is 2.36. The highest BCUT2D eigenvalue weighted by Gasteiger charge is 2.35. The lowest BCUT2D eigenvalue weighted by Crippen LogP contribution is -2.47. The van der Waals surface area contributed by atoms with E-state index in [1.807, 2.05) is 32.3 Å². The Hall–Kier alpha value is -0.910. The van der Waals surface area contributed by atoms with Gasteiger partial charge in [0.25, 0.3) is 0 Å². The van der Waals surface area contributed by atoms with E-state index in [1.54, 1.807) is 10.4 Å². The van der Waals surface area contributed by atoms with Gasteiger partial charge in [-0.05, 0) is 43.4 Å². The van der Waals surface area contributed by atoms with Crippen LogP contribution in [0.4, 0.5) is 0 Å². The molecule has 0 bridgehead atoms. The second-order valence-corrected chi connectivity index (χ2v) is 10.8. The number of fused-ring (bicyclic) bond motifs is 1. The maximum absolute atomic E-state index is 13.3. The van der Waals surface area contributed by atoms with Gasteiger partial charge in [-0.25, -0.2) is 8.42 Å². The fourth-order valence-corrected chi connectivity index (χ4v) is 6.80. The van der Waals surface area contributed by atoms with E-state index >= 15 is 0 Å². The summed E-state index contributed by atoms with van der Waals surface area (Å²) in [6.45, 7) is 5.20. The first-order chi connectivity index (χ1) is 14.5. The molecular formula is C22H36IN5O2S. The highest BCUT2D eigenvalue weighted by atomic mass is 127. The quantitative estimate of drug-likeness (QED) is 0.348. The molecule has 2 heterocycles. The average Bonchev–Trinajstić information content (AvgIpc) is 3.19. The maximum atomic E-state index is 13.3. The summed E-state index contributed by atoms with van der Waals surface area (Å²) in [6.07, 6.45) is 5.34. The van der Waals surface area contributed by atoms with Gasteiger partial charge in [0.2, 0.25) is 10.0 Å². The summed E-state index contributed by atoms with van der Waals surface area (Å²) in [7, 11) is 0.353. The Labute approximate surface area is 204 Å². The third kappa shape index (κ3) is 5.54. The SMILES string of the molecule is CN=C(NCc1ccccc1S(=O)(=O)N1CCN(C)CC1)N1CC2CCCCC2C1.I. The number of likely N-dealkylation sites (tertiary alicyclic amines) is 1. The summed E-state index contributed by atoms with van der Waals surface area (Å²) in [5.41, 5.74) is 0.800. The molecule has 31 heavy (non-hydrogen) atoms. The van der Waals surface area contributed by atoms with Crippen molar-refractivity contribution in [1.29, 1.82) is 0 Å². The first-order valence-corrected chi connectivity index (χ1v) is 12.6. The molecule has 174 valence electrons. The van der Waals surface area contributed by atoms with E-state index in [0.717, 1.165) is 49.5 Å². The zero-order valence-corrected chi connectivity index (χ0v) is 21.8. The first-order valence-electron chi connectivity index (χ1n) is 11.2. The van der Waals surface area contributed by atoms with Crippen LogP contribution in [-0.2, 0) is 16.6 Å². The Bertz CT molecular complexity index is 856. The monoisotopic (exact) mass is 561 g/mol. The molecule has 2 unspecified atom stereocenters. The van der Waals surface area contributed by atoms with Crippen molar-refractivity contribution in [2.75, 3.05) is 53.4 Å². The van der Waals surface area contributed by atoms with E-state index in [4.69, 9.17) is 0 Å². The molecule has 2 saturated heterocycles. The molecule has 2 aliphatic heterocycles. The number of likely N-dealkylation sites (N-methyl/N-ethyl adjacent to an activating group) is 1. The van der Waals surface area contributed by atoms with Gasteiger partial charge < -0.3 is 15.1 Å². The zero-order chi connectivity index (χ0) is 21.1. The molecule has 3 fully saturated rings. The number of nitrogens with zero attached hydrogens (tertiary/aromatic N) is 4. The van der Waals surface area contributed by atoms with Crippen LogP contribution in [-0.4, -0.2) is 81.8 Å². The van der Waals surface area contributed by atoms with Gasteiger partial charge in [-0.3, -0.25) is 4.99 Å². The van der Waals surface area contributed by atoms with Crippen molar-refractivity contribution in [3.8, 4) is 0 Å². The lowest BCUT2D eigenvalue weighted by molar-refractivity contribution is 0.222. The van der Waals surface area contributed by atoms with Crippen molar-refractivity contribution in [2.24, 2.45) is 16.8 Å². The number of sulfonamides is 1. The van der Waals surface area contributed by atoms with Crippen molar-refractivity contribution in [1.82, 2.24) is 19.4 Å². The van der Waals surface area contributed by atoms with Gasteiger partial charge in [-0.15, -0.1) is 24.0 Å². The zero-order valence-electron chi connectivity index (χ0n) is 18.7. The third-order valence-electron chi connectivity index (χ3n) is 6.98. The number of hydrogen-bond donors (Lipinski definition) is 1. The van der Waals surface area contributed by atoms with Crippen molar-refractivity contribution < 1.29 is 8.42 Å². The van der Waals surface area contributed by atoms with Gasteiger partial charge in [0.15, 0.2) is 5.96 Å². The van der Waals surface area contributed by atoms with E-state index in [2.05, 4.69) is 20.1 Å². The molecule has 1 aromatic carbocycles. The molecule has 1 aromatic rings. The van der Waals surface area contributed by atoms with Crippen LogP contribution in [0.2, 0.25) is 0 Å². The number of halogens is 1. The predicted molar refractivity (Wildman–Crippen MR) is 135 cm³/mol. The second-order valence-electron chi connectivity index (χ2n) is 8.93. The Morgan fingerprint density at radius 2 is 1.68 bits per heavy atom. The van der Waals surface area contributed by atoms with Crippen LogP contribution in [0.5, 0.6) is 0 Å². The molecule has 4 rings (SSSR count). The molecular weight excluding hydrogens is 525 g/mol. The third-order valence-corrected chi connectivity index (χ3v) is 8.98. The average molecular weight is 562 g/mol. The first kappa shape index (κ1) is 24.7. The summed E-state index contributed by atoms with van der Waals surface area (Å²) in [4.78, 5) is 9.43.